The lowest BCUT2D eigenvalue weighted by molar-refractivity contribution is 0.100. The Morgan fingerprint density at radius 2 is 1.50 bits per heavy atom. The maximum atomic E-state index is 13.5. The maximum Gasteiger partial charge on any atom is 0.272 e. The average Bonchev–Trinajstić information content (AvgIpc) is 2.76. The molecule has 3 aromatic rings. The van der Waals surface area contributed by atoms with E-state index in [-0.39, 0.29) is 10.5 Å². The molecule has 0 spiro atoms. The summed E-state index contributed by atoms with van der Waals surface area (Å²) in [6, 6.07) is 17.7. The number of carbonyl (C=O) groups is 1. The van der Waals surface area contributed by atoms with Crippen molar-refractivity contribution in [3.63, 3.8) is 0 Å². The van der Waals surface area contributed by atoms with Gasteiger partial charge in [-0.1, -0.05) is 30.3 Å². The van der Waals surface area contributed by atoms with Crippen molar-refractivity contribution in [2.45, 2.75) is 18.7 Å². The molecule has 3 rings (SSSR count). The van der Waals surface area contributed by atoms with Crippen molar-refractivity contribution in [3.05, 3.63) is 83.4 Å². The molecule has 7 heteroatoms. The molecule has 0 saturated heterocycles. The van der Waals surface area contributed by atoms with Crippen LogP contribution >= 0.6 is 0 Å². The van der Waals surface area contributed by atoms with Gasteiger partial charge in [-0.15, -0.1) is 0 Å². The van der Waals surface area contributed by atoms with Crippen LogP contribution in [0.1, 0.15) is 21.5 Å². The number of aryl methyl sites for hydroxylation is 1. The minimum absolute atomic E-state index is 0.0275. The summed E-state index contributed by atoms with van der Waals surface area (Å²) in [7, 11) is -1.22. The van der Waals surface area contributed by atoms with Gasteiger partial charge in [0.15, 0.2) is 11.5 Å². The lowest BCUT2D eigenvalue weighted by atomic mass is 10.1. The Morgan fingerprint density at radius 3 is 2.13 bits per heavy atom. The van der Waals surface area contributed by atoms with Crippen molar-refractivity contribution >= 4 is 21.6 Å². The van der Waals surface area contributed by atoms with E-state index in [2.05, 4.69) is 0 Å². The van der Waals surface area contributed by atoms with Crippen LogP contribution in [0.5, 0.6) is 11.5 Å². The molecule has 0 aliphatic heterocycles. The molecule has 0 aliphatic carbocycles. The summed E-state index contributed by atoms with van der Waals surface area (Å²) < 4.78 is 38.4. The Balaban J connectivity index is 2.22. The molecule has 0 aliphatic rings. The fourth-order valence-electron chi connectivity index (χ4n) is 3.09. The predicted molar refractivity (Wildman–Crippen MR) is 116 cm³/mol. The van der Waals surface area contributed by atoms with Crippen LogP contribution in [0.3, 0.4) is 0 Å². The molecule has 0 bridgehead atoms. The topological polar surface area (TPSA) is 72.9 Å². The van der Waals surface area contributed by atoms with Crippen molar-refractivity contribution in [1.29, 1.82) is 0 Å². The summed E-state index contributed by atoms with van der Waals surface area (Å²) in [5, 5.41) is 0. The number of anilines is 1. The van der Waals surface area contributed by atoms with E-state index >= 15 is 0 Å². The van der Waals surface area contributed by atoms with E-state index in [4.69, 9.17) is 9.47 Å². The van der Waals surface area contributed by atoms with Gasteiger partial charge in [-0.3, -0.25) is 4.79 Å². The van der Waals surface area contributed by atoms with Gasteiger partial charge in [0.2, 0.25) is 0 Å². The fourth-order valence-corrected chi connectivity index (χ4v) is 4.58. The Kier molecular flexibility index (Phi) is 6.12. The zero-order valence-corrected chi connectivity index (χ0v) is 18.1. The highest BCUT2D eigenvalue weighted by Gasteiger charge is 2.33. The monoisotopic (exact) mass is 425 g/mol. The predicted octanol–water partition coefficient (Wildman–Crippen LogP) is 4.36. The Hall–Kier alpha value is -3.32. The van der Waals surface area contributed by atoms with Crippen molar-refractivity contribution in [2.24, 2.45) is 0 Å². The standard InChI is InChI=1S/C23H23NO5S/c1-16-9-8-12-20(17(16)2)24(30(26,27)19-10-6-5-7-11-19)23(25)18-13-14-21(28-3)22(15-18)29-4/h5-15H,1-4H3. The molecule has 0 atom stereocenters. The number of hydrogen-bond acceptors (Lipinski definition) is 5. The number of nitrogens with zero attached hydrogens (tertiary/aromatic N) is 1. The summed E-state index contributed by atoms with van der Waals surface area (Å²) in [5.41, 5.74) is 2.04. The van der Waals surface area contributed by atoms with Gasteiger partial charge in [-0.2, -0.15) is 4.31 Å². The van der Waals surface area contributed by atoms with Gasteiger partial charge in [0.05, 0.1) is 24.8 Å². The van der Waals surface area contributed by atoms with E-state index < -0.39 is 15.9 Å². The van der Waals surface area contributed by atoms with E-state index in [0.29, 0.717) is 22.7 Å². The number of hydrogen-bond donors (Lipinski definition) is 0. The van der Waals surface area contributed by atoms with Crippen LogP contribution in [-0.2, 0) is 10.0 Å². The number of amides is 1. The van der Waals surface area contributed by atoms with Crippen LogP contribution in [0.25, 0.3) is 0 Å². The quantitative estimate of drug-likeness (QED) is 0.587. The maximum absolute atomic E-state index is 13.5. The van der Waals surface area contributed by atoms with Crippen LogP contribution in [0, 0.1) is 13.8 Å². The molecule has 0 fully saturated rings. The Morgan fingerprint density at radius 1 is 0.833 bits per heavy atom. The van der Waals surface area contributed by atoms with Crippen LogP contribution in [0.2, 0.25) is 0 Å². The smallest absolute Gasteiger partial charge is 0.272 e. The van der Waals surface area contributed by atoms with Gasteiger partial charge >= 0.3 is 0 Å². The summed E-state index contributed by atoms with van der Waals surface area (Å²) in [6.45, 7) is 3.66. The number of benzene rings is 3. The molecule has 0 unspecified atom stereocenters. The number of sulfonamides is 1. The molecule has 0 heterocycles. The Bertz CT molecular complexity index is 1170. The molecule has 0 N–H and O–H groups in total. The largest absolute Gasteiger partial charge is 0.493 e. The minimum atomic E-state index is -4.16. The molecule has 0 aromatic heterocycles. The van der Waals surface area contributed by atoms with Gasteiger partial charge in [-0.05, 0) is 61.4 Å². The second-order valence-electron chi connectivity index (χ2n) is 6.68. The molecular weight excluding hydrogens is 402 g/mol. The number of methoxy groups -OCH3 is 2. The molecule has 1 amide bonds. The van der Waals surface area contributed by atoms with Gasteiger partial charge in [0.25, 0.3) is 15.9 Å². The minimum Gasteiger partial charge on any atom is -0.493 e. The Labute approximate surface area is 176 Å². The number of carbonyl (C=O) groups excluding carboxylic acids is 1. The lowest BCUT2D eigenvalue weighted by Crippen LogP contribution is -2.37. The second kappa shape index (κ2) is 8.59. The summed E-state index contributed by atoms with van der Waals surface area (Å²) in [4.78, 5) is 13.6. The average molecular weight is 426 g/mol. The van der Waals surface area contributed by atoms with Crippen molar-refractivity contribution < 1.29 is 22.7 Å². The first-order valence-electron chi connectivity index (χ1n) is 9.24. The van der Waals surface area contributed by atoms with Crippen LogP contribution in [0.15, 0.2) is 71.6 Å². The van der Waals surface area contributed by atoms with Gasteiger partial charge in [0, 0.05) is 5.56 Å². The van der Waals surface area contributed by atoms with Gasteiger partial charge < -0.3 is 9.47 Å². The zero-order chi connectivity index (χ0) is 21.9. The second-order valence-corrected chi connectivity index (χ2v) is 8.46. The van der Waals surface area contributed by atoms with Crippen molar-refractivity contribution in [1.82, 2.24) is 0 Å². The fraction of sp³-hybridized carbons (Fsp3) is 0.174. The summed E-state index contributed by atoms with van der Waals surface area (Å²) in [6.07, 6.45) is 0. The summed E-state index contributed by atoms with van der Waals surface area (Å²) in [5.74, 6) is 0.0909. The molecule has 30 heavy (non-hydrogen) atoms. The number of ether oxygens (including phenoxy) is 2. The zero-order valence-electron chi connectivity index (χ0n) is 17.2. The highest BCUT2D eigenvalue weighted by molar-refractivity contribution is 7.93. The number of rotatable bonds is 6. The van der Waals surface area contributed by atoms with Crippen LogP contribution in [-0.4, -0.2) is 28.5 Å². The normalized spacial score (nSPS) is 11.1. The highest BCUT2D eigenvalue weighted by Crippen LogP contribution is 2.33. The summed E-state index contributed by atoms with van der Waals surface area (Å²) >= 11 is 0. The third kappa shape index (κ3) is 3.89. The van der Waals surface area contributed by atoms with Gasteiger partial charge in [-0.25, -0.2) is 8.42 Å². The first kappa shape index (κ1) is 21.4. The van der Waals surface area contributed by atoms with Crippen LogP contribution < -0.4 is 13.8 Å². The van der Waals surface area contributed by atoms with Crippen LogP contribution in [0.4, 0.5) is 5.69 Å². The van der Waals surface area contributed by atoms with Crippen molar-refractivity contribution in [3.8, 4) is 11.5 Å². The first-order chi connectivity index (χ1) is 14.3. The molecule has 0 saturated carbocycles. The highest BCUT2D eigenvalue weighted by atomic mass is 32.2. The third-order valence-electron chi connectivity index (χ3n) is 4.89. The SMILES string of the molecule is COc1ccc(C(=O)N(c2cccc(C)c2C)S(=O)(=O)c2ccccc2)cc1OC. The molecule has 3 aromatic carbocycles. The lowest BCUT2D eigenvalue weighted by Gasteiger charge is -2.25. The van der Waals surface area contributed by atoms with E-state index in [1.807, 2.05) is 13.0 Å². The van der Waals surface area contributed by atoms with E-state index in [0.717, 1.165) is 9.87 Å². The molecule has 156 valence electrons. The molecule has 6 nitrogen and oxygen atoms in total. The van der Waals surface area contributed by atoms with E-state index in [9.17, 15) is 13.2 Å². The molecular formula is C23H23NO5S. The first-order valence-corrected chi connectivity index (χ1v) is 10.7. The third-order valence-corrected chi connectivity index (χ3v) is 6.60. The van der Waals surface area contributed by atoms with E-state index in [1.54, 1.807) is 43.3 Å². The molecule has 0 radical (unpaired) electrons. The van der Waals surface area contributed by atoms with Gasteiger partial charge in [0.1, 0.15) is 0 Å². The van der Waals surface area contributed by atoms with E-state index in [1.165, 1.54) is 38.5 Å². The van der Waals surface area contributed by atoms with Crippen molar-refractivity contribution in [2.75, 3.05) is 18.5 Å².